The molecule has 0 radical (unpaired) electrons. The van der Waals surface area contributed by atoms with Crippen molar-refractivity contribution >= 4 is 46.5 Å². The average Bonchev–Trinajstić information content (AvgIpc) is 3.74. The highest BCUT2D eigenvalue weighted by atomic mass is 32.2. The van der Waals surface area contributed by atoms with Crippen molar-refractivity contribution in [3.05, 3.63) is 35.4 Å². The number of hydrogen-bond acceptors (Lipinski definition) is 6. The first kappa shape index (κ1) is 30.5. The zero-order chi connectivity index (χ0) is 29.4. The molecule has 1 heterocycles. The summed E-state index contributed by atoms with van der Waals surface area (Å²) in [5, 5.41) is 14.7. The molecule has 5 N–H and O–H groups in total. The normalized spacial score (nSPS) is 22.5. The molecule has 3 amide bonds. The van der Waals surface area contributed by atoms with Gasteiger partial charge in [0.2, 0.25) is 11.8 Å². The third-order valence-corrected chi connectivity index (χ3v) is 8.98. The molecule has 4 rings (SSSR count). The first-order valence-electron chi connectivity index (χ1n) is 14.5. The number of amidine groups is 2. The quantitative estimate of drug-likeness (QED) is 0.165. The SMILES string of the molecule is CC1C(C(=O)NCCC(=O)O)SC(=NC(=O)c2ccc(C(N)=NCCCC(=O)NC3CCCCC3)cc2)N1C1CC1. The van der Waals surface area contributed by atoms with Crippen molar-refractivity contribution in [2.24, 2.45) is 15.7 Å². The van der Waals surface area contributed by atoms with Crippen molar-refractivity contribution in [3.63, 3.8) is 0 Å². The van der Waals surface area contributed by atoms with E-state index >= 15 is 0 Å². The average molecular weight is 585 g/mol. The van der Waals surface area contributed by atoms with Crippen molar-refractivity contribution in [3.8, 4) is 0 Å². The second kappa shape index (κ2) is 14.5. The summed E-state index contributed by atoms with van der Waals surface area (Å²) >= 11 is 1.24. The number of nitrogens with one attached hydrogen (secondary N) is 2. The Morgan fingerprint density at radius 2 is 1.71 bits per heavy atom. The fourth-order valence-corrected chi connectivity index (χ4v) is 6.51. The van der Waals surface area contributed by atoms with E-state index < -0.39 is 17.1 Å². The van der Waals surface area contributed by atoms with Crippen molar-refractivity contribution < 1.29 is 24.3 Å². The smallest absolute Gasteiger partial charge is 0.305 e. The number of carboxylic acids is 1. The van der Waals surface area contributed by atoms with Gasteiger partial charge in [0.1, 0.15) is 11.1 Å². The highest BCUT2D eigenvalue weighted by Crippen LogP contribution is 2.40. The predicted octanol–water partition coefficient (Wildman–Crippen LogP) is 2.68. The lowest BCUT2D eigenvalue weighted by Gasteiger charge is -2.24. The zero-order valence-electron chi connectivity index (χ0n) is 23.5. The van der Waals surface area contributed by atoms with Crippen LogP contribution in [0.5, 0.6) is 0 Å². The number of aliphatic imine (C=N–C) groups is 2. The van der Waals surface area contributed by atoms with E-state index in [-0.39, 0.29) is 36.9 Å². The van der Waals surface area contributed by atoms with Crippen LogP contribution in [-0.2, 0) is 14.4 Å². The molecule has 1 aliphatic heterocycles. The van der Waals surface area contributed by atoms with Crippen molar-refractivity contribution in [2.75, 3.05) is 13.1 Å². The van der Waals surface area contributed by atoms with Gasteiger partial charge in [0.05, 0.1) is 6.42 Å². The van der Waals surface area contributed by atoms with Gasteiger partial charge in [-0.1, -0.05) is 43.2 Å². The molecule has 1 saturated heterocycles. The van der Waals surface area contributed by atoms with E-state index in [1.807, 2.05) is 11.8 Å². The molecular formula is C29H40N6O5S. The standard InChI is InChI=1S/C29H40N6O5S/c1-18-25(28(40)32-17-15-24(37)38)41-29(35(18)22-13-14-22)34-27(39)20-11-9-19(10-12-20)26(30)31-16-5-8-23(36)33-21-6-3-2-4-7-21/h9-12,18,21-22,25H,2-8,13-17H2,1H3,(H2,30,31)(H,32,40)(H,33,36)(H,37,38). The lowest BCUT2D eigenvalue weighted by Crippen LogP contribution is -2.43. The molecule has 0 aromatic heterocycles. The fraction of sp³-hybridized carbons (Fsp3) is 0.586. The number of carbonyl (C=O) groups excluding carboxylic acids is 3. The lowest BCUT2D eigenvalue weighted by molar-refractivity contribution is -0.137. The monoisotopic (exact) mass is 584 g/mol. The van der Waals surface area contributed by atoms with Crippen LogP contribution in [0, 0.1) is 0 Å². The number of hydrogen-bond donors (Lipinski definition) is 4. The van der Waals surface area contributed by atoms with E-state index in [9.17, 15) is 19.2 Å². The predicted molar refractivity (Wildman–Crippen MR) is 159 cm³/mol. The third kappa shape index (κ3) is 8.79. The Labute approximate surface area is 244 Å². The summed E-state index contributed by atoms with van der Waals surface area (Å²) in [4.78, 5) is 59.5. The molecule has 0 bridgehead atoms. The van der Waals surface area contributed by atoms with Gasteiger partial charge >= 0.3 is 5.97 Å². The van der Waals surface area contributed by atoms with E-state index in [4.69, 9.17) is 10.8 Å². The maximum absolute atomic E-state index is 13.0. The first-order chi connectivity index (χ1) is 19.7. The molecule has 11 nitrogen and oxygen atoms in total. The number of carboxylic acid groups (broad SMARTS) is 1. The Morgan fingerprint density at radius 3 is 2.37 bits per heavy atom. The summed E-state index contributed by atoms with van der Waals surface area (Å²) in [7, 11) is 0. The Hall–Kier alpha value is -3.41. The Bertz CT molecular complexity index is 1180. The van der Waals surface area contributed by atoms with Crippen LogP contribution in [0.3, 0.4) is 0 Å². The van der Waals surface area contributed by atoms with Gasteiger partial charge in [-0.3, -0.25) is 24.2 Å². The Balaban J connectivity index is 1.30. The second-order valence-electron chi connectivity index (χ2n) is 10.9. The number of thioether (sulfide) groups is 1. The Morgan fingerprint density at radius 1 is 1.02 bits per heavy atom. The topological polar surface area (TPSA) is 167 Å². The molecule has 2 unspecified atom stereocenters. The van der Waals surface area contributed by atoms with Crippen LogP contribution in [0.15, 0.2) is 34.3 Å². The molecular weight excluding hydrogens is 544 g/mol. The minimum atomic E-state index is -0.974. The summed E-state index contributed by atoms with van der Waals surface area (Å²) < 4.78 is 0. The molecule has 0 spiro atoms. The number of nitrogens with two attached hydrogens (primary N) is 1. The van der Waals surface area contributed by atoms with E-state index in [0.29, 0.717) is 47.6 Å². The van der Waals surface area contributed by atoms with Crippen LogP contribution in [0.25, 0.3) is 0 Å². The highest BCUT2D eigenvalue weighted by molar-refractivity contribution is 8.15. The summed E-state index contributed by atoms with van der Waals surface area (Å²) in [6, 6.07) is 7.15. The molecule has 2 atom stereocenters. The maximum atomic E-state index is 13.0. The largest absolute Gasteiger partial charge is 0.481 e. The van der Waals surface area contributed by atoms with Gasteiger partial charge in [0, 0.05) is 48.8 Å². The molecule has 2 saturated carbocycles. The summed E-state index contributed by atoms with van der Waals surface area (Å²) in [5.41, 5.74) is 7.22. The molecule has 1 aromatic rings. The fourth-order valence-electron chi connectivity index (χ4n) is 5.20. The lowest BCUT2D eigenvalue weighted by atomic mass is 9.95. The van der Waals surface area contributed by atoms with Crippen LogP contribution < -0.4 is 16.4 Å². The van der Waals surface area contributed by atoms with Crippen molar-refractivity contribution in [1.82, 2.24) is 15.5 Å². The van der Waals surface area contributed by atoms with E-state index in [2.05, 4.69) is 20.6 Å². The Kier molecular flexibility index (Phi) is 10.8. The summed E-state index contributed by atoms with van der Waals surface area (Å²) in [6.45, 7) is 2.43. The number of aliphatic carboxylic acids is 1. The minimum Gasteiger partial charge on any atom is -0.481 e. The first-order valence-corrected chi connectivity index (χ1v) is 15.4. The van der Waals surface area contributed by atoms with Crippen LogP contribution >= 0.6 is 11.8 Å². The molecule has 1 aromatic carbocycles. The molecule has 3 aliphatic rings. The number of benzene rings is 1. The number of carbonyl (C=O) groups is 4. The highest BCUT2D eigenvalue weighted by Gasteiger charge is 2.46. The van der Waals surface area contributed by atoms with E-state index in [1.54, 1.807) is 24.3 Å². The van der Waals surface area contributed by atoms with E-state index in [1.165, 1.54) is 31.0 Å². The molecule has 12 heteroatoms. The molecule has 3 fully saturated rings. The molecule has 2 aliphatic carbocycles. The minimum absolute atomic E-state index is 0.0569. The zero-order valence-corrected chi connectivity index (χ0v) is 24.3. The van der Waals surface area contributed by atoms with Gasteiger partial charge in [-0.2, -0.15) is 4.99 Å². The van der Waals surface area contributed by atoms with Gasteiger partial charge in [0.25, 0.3) is 5.91 Å². The van der Waals surface area contributed by atoms with Gasteiger partial charge in [-0.05, 0) is 51.2 Å². The van der Waals surface area contributed by atoms with Gasteiger partial charge in [-0.25, -0.2) is 0 Å². The summed E-state index contributed by atoms with van der Waals surface area (Å²) in [5.74, 6) is -1.23. The van der Waals surface area contributed by atoms with Crippen LogP contribution in [0.2, 0.25) is 0 Å². The van der Waals surface area contributed by atoms with E-state index in [0.717, 1.165) is 25.7 Å². The summed E-state index contributed by atoms with van der Waals surface area (Å²) in [6.07, 6.45) is 8.56. The van der Waals surface area contributed by atoms with Crippen LogP contribution in [0.4, 0.5) is 0 Å². The van der Waals surface area contributed by atoms with Crippen molar-refractivity contribution in [2.45, 2.75) is 94.5 Å². The van der Waals surface area contributed by atoms with Gasteiger partial charge in [-0.15, -0.1) is 0 Å². The molecule has 41 heavy (non-hydrogen) atoms. The second-order valence-corrected chi connectivity index (χ2v) is 12.0. The number of amides is 3. The van der Waals surface area contributed by atoms with Gasteiger partial charge < -0.3 is 26.4 Å². The maximum Gasteiger partial charge on any atom is 0.305 e. The number of rotatable bonds is 12. The van der Waals surface area contributed by atoms with Crippen LogP contribution in [-0.4, -0.2) is 81.2 Å². The van der Waals surface area contributed by atoms with Crippen LogP contribution in [0.1, 0.15) is 87.1 Å². The number of nitrogens with zero attached hydrogens (tertiary/aromatic N) is 3. The third-order valence-electron chi connectivity index (χ3n) is 7.61. The molecule has 222 valence electrons. The van der Waals surface area contributed by atoms with Gasteiger partial charge in [0.15, 0.2) is 5.17 Å². The van der Waals surface area contributed by atoms with Crippen molar-refractivity contribution in [1.29, 1.82) is 0 Å².